The van der Waals surface area contributed by atoms with Crippen LogP contribution in [0.1, 0.15) is 41.5 Å². The van der Waals surface area contributed by atoms with E-state index in [1.807, 2.05) is 0 Å². The number of hydrogen-bond donors (Lipinski definition) is 0. The van der Waals surface area contributed by atoms with Crippen molar-refractivity contribution in [2.45, 2.75) is 52.7 Å². The Morgan fingerprint density at radius 3 is 2.12 bits per heavy atom. The highest BCUT2D eigenvalue weighted by molar-refractivity contribution is 9.10. The molecule has 0 fully saturated rings. The van der Waals surface area contributed by atoms with Crippen molar-refractivity contribution in [1.82, 2.24) is 0 Å². The third-order valence-corrected chi connectivity index (χ3v) is 3.40. The van der Waals surface area contributed by atoms with Crippen molar-refractivity contribution in [1.29, 1.82) is 0 Å². The Morgan fingerprint density at radius 1 is 1.12 bits per heavy atom. The minimum absolute atomic E-state index is 0.0653. The second kappa shape index (κ2) is 8.03. The summed E-state index contributed by atoms with van der Waals surface area (Å²) < 4.78 is 10.7. The Morgan fingerprint density at radius 2 is 1.65 bits per heavy atom. The number of amides is 1. The number of halogens is 1. The number of para-hydroxylation sites is 1. The van der Waals surface area contributed by atoms with E-state index in [2.05, 4.69) is 15.9 Å². The van der Waals surface area contributed by atoms with Gasteiger partial charge in [-0.05, 0) is 69.6 Å². The van der Waals surface area contributed by atoms with E-state index in [0.29, 0.717) is 0 Å². The molecule has 0 heterocycles. The molecular weight excluding hydrogens is 408 g/mol. The average molecular weight is 431 g/mol. The molecular formula is C17H23BrN2O6. The predicted molar refractivity (Wildman–Crippen MR) is 100 cm³/mol. The Kier molecular flexibility index (Phi) is 6.76. The molecule has 0 unspecified atom stereocenters. The lowest BCUT2D eigenvalue weighted by Gasteiger charge is -2.28. The van der Waals surface area contributed by atoms with Crippen molar-refractivity contribution in [3.63, 3.8) is 0 Å². The number of hydrogen-bond acceptors (Lipinski definition) is 6. The van der Waals surface area contributed by atoms with E-state index in [1.165, 1.54) is 18.2 Å². The number of nitrogens with zero attached hydrogens (tertiary/aromatic N) is 2. The van der Waals surface area contributed by atoms with Gasteiger partial charge in [-0.2, -0.15) is 0 Å². The second-order valence-electron chi connectivity index (χ2n) is 7.52. The molecule has 1 aromatic carbocycles. The SMILES string of the molecule is CC(C)(C)OC(=O)CN(C(=O)OC(C)(C)C)c1cccc(Br)c1[N+](=O)[O-]. The van der Waals surface area contributed by atoms with Gasteiger partial charge in [0.05, 0.1) is 9.40 Å². The maximum atomic E-state index is 12.6. The van der Waals surface area contributed by atoms with Crippen molar-refractivity contribution in [2.24, 2.45) is 0 Å². The van der Waals surface area contributed by atoms with E-state index < -0.39 is 34.7 Å². The molecule has 0 N–H and O–H groups in total. The van der Waals surface area contributed by atoms with Gasteiger partial charge in [0.15, 0.2) is 0 Å². The maximum absolute atomic E-state index is 12.6. The highest BCUT2D eigenvalue weighted by atomic mass is 79.9. The smallest absolute Gasteiger partial charge is 0.415 e. The summed E-state index contributed by atoms with van der Waals surface area (Å²) in [7, 11) is 0. The van der Waals surface area contributed by atoms with Crippen LogP contribution in [-0.4, -0.2) is 34.7 Å². The quantitative estimate of drug-likeness (QED) is 0.397. The van der Waals surface area contributed by atoms with Crippen LogP contribution >= 0.6 is 15.9 Å². The first kappa shape index (κ1) is 21.9. The third-order valence-electron chi connectivity index (χ3n) is 2.76. The van der Waals surface area contributed by atoms with Gasteiger partial charge in [0.1, 0.15) is 23.4 Å². The topological polar surface area (TPSA) is 99.0 Å². The number of nitro groups is 1. The normalized spacial score (nSPS) is 11.7. The van der Waals surface area contributed by atoms with Crippen molar-refractivity contribution >= 4 is 39.4 Å². The third kappa shape index (κ3) is 6.62. The number of rotatable bonds is 4. The van der Waals surface area contributed by atoms with Crippen LogP contribution in [0.4, 0.5) is 16.2 Å². The van der Waals surface area contributed by atoms with Crippen LogP contribution in [0.2, 0.25) is 0 Å². The lowest BCUT2D eigenvalue weighted by atomic mass is 10.2. The molecule has 0 aromatic heterocycles. The fourth-order valence-corrected chi connectivity index (χ4v) is 2.47. The highest BCUT2D eigenvalue weighted by Crippen LogP contribution is 2.36. The minimum Gasteiger partial charge on any atom is -0.459 e. The van der Waals surface area contributed by atoms with E-state index in [9.17, 15) is 19.7 Å². The van der Waals surface area contributed by atoms with E-state index in [-0.39, 0.29) is 15.8 Å². The average Bonchev–Trinajstić information content (AvgIpc) is 2.40. The number of anilines is 1. The van der Waals surface area contributed by atoms with Crippen molar-refractivity contribution < 1.29 is 24.0 Å². The van der Waals surface area contributed by atoms with Gasteiger partial charge in [0.25, 0.3) is 0 Å². The standard InChI is InChI=1S/C17H23BrN2O6/c1-16(2,3)25-13(21)10-19(15(22)26-17(4,5)6)12-9-7-8-11(18)14(12)20(23)24/h7-9H,10H2,1-6H3. The zero-order chi connectivity index (χ0) is 20.3. The van der Waals surface area contributed by atoms with Crippen LogP contribution in [0.5, 0.6) is 0 Å². The first-order valence-electron chi connectivity index (χ1n) is 7.86. The molecule has 144 valence electrons. The summed E-state index contributed by atoms with van der Waals surface area (Å²) in [6.07, 6.45) is -0.885. The van der Waals surface area contributed by atoms with Crippen LogP contribution < -0.4 is 4.90 Å². The van der Waals surface area contributed by atoms with Gasteiger partial charge in [-0.25, -0.2) is 4.79 Å². The van der Waals surface area contributed by atoms with Crippen molar-refractivity contribution in [2.75, 3.05) is 11.4 Å². The van der Waals surface area contributed by atoms with Crippen LogP contribution in [0.3, 0.4) is 0 Å². The molecule has 9 heteroatoms. The fraction of sp³-hybridized carbons (Fsp3) is 0.529. The molecule has 26 heavy (non-hydrogen) atoms. The van der Waals surface area contributed by atoms with Crippen LogP contribution in [0, 0.1) is 10.1 Å². The molecule has 8 nitrogen and oxygen atoms in total. The summed E-state index contributed by atoms with van der Waals surface area (Å²) in [6.45, 7) is 9.51. The molecule has 0 saturated heterocycles. The number of carbonyl (C=O) groups is 2. The molecule has 1 rings (SSSR count). The summed E-state index contributed by atoms with van der Waals surface area (Å²) >= 11 is 3.10. The van der Waals surface area contributed by atoms with E-state index >= 15 is 0 Å². The number of carbonyl (C=O) groups excluding carboxylic acids is 2. The zero-order valence-corrected chi connectivity index (χ0v) is 17.2. The summed E-state index contributed by atoms with van der Waals surface area (Å²) in [6, 6.07) is 4.37. The van der Waals surface area contributed by atoms with Crippen LogP contribution in [0.25, 0.3) is 0 Å². The molecule has 0 radical (unpaired) electrons. The predicted octanol–water partition coefficient (Wildman–Crippen LogP) is 4.44. The summed E-state index contributed by atoms with van der Waals surface area (Å²) in [5.41, 5.74) is -2.02. The number of nitro benzene ring substituents is 1. The van der Waals surface area contributed by atoms with Gasteiger partial charge in [0.2, 0.25) is 0 Å². The Bertz CT molecular complexity index is 706. The van der Waals surface area contributed by atoms with Crippen LogP contribution in [-0.2, 0) is 14.3 Å². The molecule has 0 spiro atoms. The van der Waals surface area contributed by atoms with Gasteiger partial charge >= 0.3 is 17.7 Å². The second-order valence-corrected chi connectivity index (χ2v) is 8.37. The summed E-state index contributed by atoms with van der Waals surface area (Å²) in [5, 5.41) is 11.5. The first-order chi connectivity index (χ1) is 11.7. The number of ether oxygens (including phenoxy) is 2. The highest BCUT2D eigenvalue weighted by Gasteiger charge is 2.32. The van der Waals surface area contributed by atoms with E-state index in [1.54, 1.807) is 41.5 Å². The molecule has 0 saturated carbocycles. The Balaban J connectivity index is 3.33. The number of esters is 1. The monoisotopic (exact) mass is 430 g/mol. The van der Waals surface area contributed by atoms with Gasteiger partial charge in [-0.3, -0.25) is 19.8 Å². The Labute approximate surface area is 160 Å². The summed E-state index contributed by atoms with van der Waals surface area (Å²) in [5.74, 6) is -0.711. The maximum Gasteiger partial charge on any atom is 0.415 e. The molecule has 0 aliphatic carbocycles. The fourth-order valence-electron chi connectivity index (χ4n) is 1.97. The van der Waals surface area contributed by atoms with Crippen LogP contribution in [0.15, 0.2) is 22.7 Å². The minimum atomic E-state index is -0.885. The number of benzene rings is 1. The zero-order valence-electron chi connectivity index (χ0n) is 15.7. The molecule has 0 aliphatic rings. The van der Waals surface area contributed by atoms with E-state index in [4.69, 9.17) is 9.47 Å². The van der Waals surface area contributed by atoms with Crippen molar-refractivity contribution in [3.8, 4) is 0 Å². The van der Waals surface area contributed by atoms with Gasteiger partial charge < -0.3 is 9.47 Å². The lowest BCUT2D eigenvalue weighted by Crippen LogP contribution is -2.42. The van der Waals surface area contributed by atoms with Gasteiger partial charge in [-0.15, -0.1) is 0 Å². The van der Waals surface area contributed by atoms with Crippen molar-refractivity contribution in [3.05, 3.63) is 32.8 Å². The van der Waals surface area contributed by atoms with Gasteiger partial charge in [0, 0.05) is 0 Å². The first-order valence-corrected chi connectivity index (χ1v) is 8.66. The molecule has 0 aliphatic heterocycles. The molecule has 0 atom stereocenters. The molecule has 1 aromatic rings. The largest absolute Gasteiger partial charge is 0.459 e. The van der Waals surface area contributed by atoms with Gasteiger partial charge in [-0.1, -0.05) is 6.07 Å². The molecule has 1 amide bonds. The lowest BCUT2D eigenvalue weighted by molar-refractivity contribution is -0.384. The van der Waals surface area contributed by atoms with E-state index in [0.717, 1.165) is 4.90 Å². The Hall–Kier alpha value is -2.16. The summed E-state index contributed by atoms with van der Waals surface area (Å²) in [4.78, 5) is 36.6. The molecule has 0 bridgehead atoms.